The van der Waals surface area contributed by atoms with Gasteiger partial charge in [0.05, 0.1) is 11.4 Å². The topological polar surface area (TPSA) is 78.7 Å². The van der Waals surface area contributed by atoms with Crippen molar-refractivity contribution in [3.63, 3.8) is 0 Å². The molecule has 0 radical (unpaired) electrons. The van der Waals surface area contributed by atoms with E-state index in [1.54, 1.807) is 39.2 Å². The predicted octanol–water partition coefficient (Wildman–Crippen LogP) is 0.541. The van der Waals surface area contributed by atoms with Crippen LogP contribution < -0.4 is 16.0 Å². The number of carbonyl (C=O) groups is 2. The van der Waals surface area contributed by atoms with Gasteiger partial charge in [-0.3, -0.25) is 9.59 Å². The van der Waals surface area contributed by atoms with Crippen LogP contribution in [0.4, 0.5) is 11.4 Å². The molecule has 20 heavy (non-hydrogen) atoms. The third-order valence-corrected chi connectivity index (χ3v) is 2.93. The maximum atomic E-state index is 12.1. The lowest BCUT2D eigenvalue weighted by atomic mass is 10.1. The number of carbonyl (C=O) groups excluding carboxylic acids is 2. The number of hydrogen-bond acceptors (Lipinski definition) is 4. The number of amides is 2. The number of benzene rings is 1. The molecule has 3 N–H and O–H groups in total. The molecule has 0 spiro atoms. The van der Waals surface area contributed by atoms with Crippen molar-refractivity contribution in [3.05, 3.63) is 23.8 Å². The molecule has 6 nitrogen and oxygen atoms in total. The van der Waals surface area contributed by atoms with Gasteiger partial charge >= 0.3 is 0 Å². The second kappa shape index (κ2) is 6.27. The third kappa shape index (κ3) is 3.63. The zero-order chi connectivity index (χ0) is 15.4. The molecular formula is C14H22N4O2. The van der Waals surface area contributed by atoms with Crippen molar-refractivity contribution in [2.24, 2.45) is 0 Å². The van der Waals surface area contributed by atoms with E-state index in [4.69, 9.17) is 5.73 Å². The molecule has 0 aliphatic rings. The fraction of sp³-hybridized carbons (Fsp3) is 0.429. The highest BCUT2D eigenvalue weighted by Gasteiger charge is 2.18. The molecule has 0 heterocycles. The van der Waals surface area contributed by atoms with E-state index in [9.17, 15) is 9.59 Å². The van der Waals surface area contributed by atoms with Crippen LogP contribution in [0.15, 0.2) is 18.2 Å². The van der Waals surface area contributed by atoms with Crippen molar-refractivity contribution in [1.29, 1.82) is 0 Å². The maximum Gasteiger partial charge on any atom is 0.251 e. The molecule has 0 fully saturated rings. The summed E-state index contributed by atoms with van der Waals surface area (Å²) >= 11 is 0. The Labute approximate surface area is 119 Å². The van der Waals surface area contributed by atoms with Crippen LogP contribution in [-0.2, 0) is 4.79 Å². The van der Waals surface area contributed by atoms with Crippen molar-refractivity contribution < 1.29 is 9.59 Å². The highest BCUT2D eigenvalue weighted by Crippen LogP contribution is 2.22. The molecular weight excluding hydrogens is 256 g/mol. The smallest absolute Gasteiger partial charge is 0.251 e. The Morgan fingerprint density at radius 1 is 1.20 bits per heavy atom. The lowest BCUT2D eigenvalue weighted by Crippen LogP contribution is -2.44. The van der Waals surface area contributed by atoms with E-state index >= 15 is 0 Å². The average Bonchev–Trinajstić information content (AvgIpc) is 2.36. The molecule has 1 rings (SSSR count). The number of likely N-dealkylation sites (N-methyl/N-ethyl adjacent to an activating group) is 1. The fourth-order valence-electron chi connectivity index (χ4n) is 1.83. The van der Waals surface area contributed by atoms with E-state index in [-0.39, 0.29) is 11.8 Å². The largest absolute Gasteiger partial charge is 0.397 e. The van der Waals surface area contributed by atoms with Crippen molar-refractivity contribution in [1.82, 2.24) is 10.2 Å². The summed E-state index contributed by atoms with van der Waals surface area (Å²) in [7, 11) is 7.05. The van der Waals surface area contributed by atoms with Crippen LogP contribution in [-0.4, -0.2) is 50.9 Å². The second-order valence-corrected chi connectivity index (χ2v) is 5.10. The Bertz CT molecular complexity index is 512. The van der Waals surface area contributed by atoms with E-state index in [1.165, 1.54) is 4.90 Å². The normalized spacial score (nSPS) is 11.7. The molecule has 1 unspecified atom stereocenters. The highest BCUT2D eigenvalue weighted by atomic mass is 16.2. The third-order valence-electron chi connectivity index (χ3n) is 2.93. The number of nitrogens with two attached hydrogens (primary N) is 1. The number of hydrogen-bond donors (Lipinski definition) is 2. The Hall–Kier alpha value is -2.24. The van der Waals surface area contributed by atoms with Gasteiger partial charge in [0, 0.05) is 33.8 Å². The van der Waals surface area contributed by atoms with Crippen LogP contribution >= 0.6 is 0 Å². The van der Waals surface area contributed by atoms with Crippen molar-refractivity contribution in [3.8, 4) is 0 Å². The van der Waals surface area contributed by atoms with Crippen molar-refractivity contribution in [2.45, 2.75) is 13.0 Å². The van der Waals surface area contributed by atoms with Crippen LogP contribution in [0.5, 0.6) is 0 Å². The van der Waals surface area contributed by atoms with E-state index < -0.39 is 6.04 Å². The Balaban J connectivity index is 2.83. The highest BCUT2D eigenvalue weighted by molar-refractivity contribution is 5.98. The van der Waals surface area contributed by atoms with Crippen molar-refractivity contribution >= 4 is 23.2 Å². The van der Waals surface area contributed by atoms with Gasteiger partial charge in [-0.15, -0.1) is 0 Å². The molecule has 0 bridgehead atoms. The molecule has 1 aromatic carbocycles. The summed E-state index contributed by atoms with van der Waals surface area (Å²) in [5.41, 5.74) is 7.71. The number of anilines is 2. The summed E-state index contributed by atoms with van der Waals surface area (Å²) in [4.78, 5) is 27.1. The molecule has 0 saturated carbocycles. The second-order valence-electron chi connectivity index (χ2n) is 5.10. The lowest BCUT2D eigenvalue weighted by molar-refractivity contribution is -0.130. The van der Waals surface area contributed by atoms with E-state index in [2.05, 4.69) is 5.32 Å². The lowest BCUT2D eigenvalue weighted by Gasteiger charge is -2.19. The van der Waals surface area contributed by atoms with Crippen molar-refractivity contribution in [2.75, 3.05) is 38.8 Å². The van der Waals surface area contributed by atoms with Gasteiger partial charge in [0.25, 0.3) is 5.91 Å². The van der Waals surface area contributed by atoms with Crippen LogP contribution in [0, 0.1) is 0 Å². The molecule has 1 aromatic rings. The monoisotopic (exact) mass is 278 g/mol. The Kier molecular flexibility index (Phi) is 4.96. The number of nitrogen functional groups attached to an aromatic ring is 1. The van der Waals surface area contributed by atoms with E-state index in [0.717, 1.165) is 5.69 Å². The van der Waals surface area contributed by atoms with E-state index in [0.29, 0.717) is 11.3 Å². The summed E-state index contributed by atoms with van der Waals surface area (Å²) in [6.45, 7) is 1.65. The maximum absolute atomic E-state index is 12.1. The molecule has 6 heteroatoms. The van der Waals surface area contributed by atoms with Gasteiger partial charge < -0.3 is 20.9 Å². The minimum absolute atomic E-state index is 0.156. The van der Waals surface area contributed by atoms with Crippen LogP contribution in [0.3, 0.4) is 0 Å². The van der Waals surface area contributed by atoms with Gasteiger partial charge in [-0.2, -0.15) is 0 Å². The van der Waals surface area contributed by atoms with Gasteiger partial charge in [0.2, 0.25) is 5.91 Å². The zero-order valence-electron chi connectivity index (χ0n) is 12.6. The summed E-state index contributed by atoms with van der Waals surface area (Å²) in [6, 6.07) is 4.50. The first-order valence-corrected chi connectivity index (χ1v) is 6.33. The molecule has 0 aliphatic heterocycles. The first kappa shape index (κ1) is 15.8. The first-order chi connectivity index (χ1) is 9.23. The SMILES string of the molecule is CC(NC(=O)c1ccc(N(C)C)c(N)c1)C(=O)N(C)C. The predicted molar refractivity (Wildman–Crippen MR) is 80.8 cm³/mol. The minimum atomic E-state index is -0.577. The summed E-state index contributed by atoms with van der Waals surface area (Å²) in [5, 5.41) is 2.65. The average molecular weight is 278 g/mol. The van der Waals surface area contributed by atoms with Crippen LogP contribution in [0.2, 0.25) is 0 Å². The number of nitrogens with zero attached hydrogens (tertiary/aromatic N) is 2. The molecule has 0 aromatic heterocycles. The summed E-state index contributed by atoms with van der Waals surface area (Å²) < 4.78 is 0. The number of nitrogens with one attached hydrogen (secondary N) is 1. The van der Waals surface area contributed by atoms with Gasteiger partial charge in [-0.1, -0.05) is 0 Å². The molecule has 0 aliphatic carbocycles. The standard InChI is InChI=1S/C14H22N4O2/c1-9(14(20)18(4)5)16-13(19)10-6-7-12(17(2)3)11(15)8-10/h6-9H,15H2,1-5H3,(H,16,19). The van der Waals surface area contributed by atoms with E-state index in [1.807, 2.05) is 19.0 Å². The fourth-order valence-corrected chi connectivity index (χ4v) is 1.83. The quantitative estimate of drug-likeness (QED) is 0.788. The minimum Gasteiger partial charge on any atom is -0.397 e. The number of rotatable bonds is 4. The zero-order valence-corrected chi connectivity index (χ0v) is 12.6. The van der Waals surface area contributed by atoms with Gasteiger partial charge in [-0.25, -0.2) is 0 Å². The van der Waals surface area contributed by atoms with Gasteiger partial charge in [0.1, 0.15) is 6.04 Å². The van der Waals surface area contributed by atoms with Gasteiger partial charge in [0.15, 0.2) is 0 Å². The summed E-state index contributed by atoms with van der Waals surface area (Å²) in [6.07, 6.45) is 0. The molecule has 110 valence electrons. The van der Waals surface area contributed by atoms with Gasteiger partial charge in [-0.05, 0) is 25.1 Å². The van der Waals surface area contributed by atoms with Crippen LogP contribution in [0.1, 0.15) is 17.3 Å². The molecule has 1 atom stereocenters. The molecule has 0 saturated heterocycles. The van der Waals surface area contributed by atoms with Crippen LogP contribution in [0.25, 0.3) is 0 Å². The first-order valence-electron chi connectivity index (χ1n) is 6.33. The Morgan fingerprint density at radius 2 is 1.80 bits per heavy atom. The molecule has 2 amide bonds. The summed E-state index contributed by atoms with van der Waals surface area (Å²) in [5.74, 6) is -0.471. The Morgan fingerprint density at radius 3 is 2.25 bits per heavy atom.